The molecule has 0 aromatic heterocycles. The van der Waals surface area contributed by atoms with Crippen molar-refractivity contribution in [3.63, 3.8) is 0 Å². The molecule has 0 N–H and O–H groups in total. The van der Waals surface area contributed by atoms with Crippen molar-refractivity contribution in [3.05, 3.63) is 45.7 Å². The lowest BCUT2D eigenvalue weighted by molar-refractivity contribution is -0.146. The number of unbranched alkanes of at least 4 members (excludes halogenated alkanes) is 6. The first kappa shape index (κ1) is 38.5. The van der Waals surface area contributed by atoms with Gasteiger partial charge < -0.3 is 18.9 Å². The highest BCUT2D eigenvalue weighted by Crippen LogP contribution is 2.30. The van der Waals surface area contributed by atoms with Crippen molar-refractivity contribution >= 4 is 147 Å². The van der Waals surface area contributed by atoms with E-state index in [-0.39, 0.29) is 25.2 Å². The second kappa shape index (κ2) is 22.8. The molecule has 0 spiro atoms. The van der Waals surface area contributed by atoms with Gasteiger partial charge >= 0.3 is 11.9 Å². The van der Waals surface area contributed by atoms with Crippen LogP contribution in [-0.2, 0) is 19.1 Å². The van der Waals surface area contributed by atoms with Crippen molar-refractivity contribution in [2.75, 3.05) is 26.4 Å². The van der Waals surface area contributed by atoms with Crippen LogP contribution >= 0.6 is 136 Å². The topological polar surface area (TPSA) is 71.1 Å². The fourth-order valence-electron chi connectivity index (χ4n) is 3.71. The molecule has 0 aliphatic heterocycles. The van der Waals surface area contributed by atoms with Gasteiger partial charge in [-0.15, -0.1) is 0 Å². The number of halogens is 6. The standard InChI is InChI=1S/C29H34I6O6/c30-20-16-22(32)28(23(33)17-20)40-12-7-3-1-5-10-26(36)38-14-9-15-39-27(37)11-6-2-4-8-13-41-29-24(34)18-21(31)19-25(29)35/h16-19H,1-15H2. The van der Waals surface area contributed by atoms with Gasteiger partial charge in [0.25, 0.3) is 0 Å². The molecule has 0 aliphatic carbocycles. The minimum absolute atomic E-state index is 0.189. The summed E-state index contributed by atoms with van der Waals surface area (Å²) in [6, 6.07) is 8.46. The molecule has 228 valence electrons. The monoisotopic (exact) mass is 1240 g/mol. The quantitative estimate of drug-likeness (QED) is 0.0748. The zero-order valence-electron chi connectivity index (χ0n) is 22.6. The van der Waals surface area contributed by atoms with E-state index in [0.717, 1.165) is 77.1 Å². The maximum Gasteiger partial charge on any atom is 0.305 e. The minimum Gasteiger partial charge on any atom is -0.491 e. The second-order valence-corrected chi connectivity index (χ2v) is 16.4. The number of ether oxygens (including phenoxy) is 4. The Bertz CT molecular complexity index is 982. The van der Waals surface area contributed by atoms with Gasteiger partial charge in [0.15, 0.2) is 0 Å². The smallest absolute Gasteiger partial charge is 0.305 e. The third kappa shape index (κ3) is 17.0. The van der Waals surface area contributed by atoms with E-state index in [0.29, 0.717) is 32.5 Å². The van der Waals surface area contributed by atoms with E-state index in [4.69, 9.17) is 18.9 Å². The molecule has 41 heavy (non-hydrogen) atoms. The zero-order chi connectivity index (χ0) is 30.0. The fourth-order valence-corrected chi connectivity index (χ4v) is 11.5. The van der Waals surface area contributed by atoms with Crippen LogP contribution in [0.1, 0.15) is 70.6 Å². The van der Waals surface area contributed by atoms with Gasteiger partial charge in [-0.1, -0.05) is 25.7 Å². The SMILES string of the molecule is O=C(CCCCCCOc1c(I)cc(I)cc1I)OCCCOC(=O)CCCCCCOc1c(I)cc(I)cc1I. The van der Waals surface area contributed by atoms with Crippen molar-refractivity contribution in [1.82, 2.24) is 0 Å². The van der Waals surface area contributed by atoms with E-state index >= 15 is 0 Å². The van der Waals surface area contributed by atoms with E-state index in [2.05, 4.69) is 160 Å². The molecule has 0 saturated heterocycles. The van der Waals surface area contributed by atoms with Crippen LogP contribution in [0.4, 0.5) is 0 Å². The van der Waals surface area contributed by atoms with Gasteiger partial charge in [0.05, 0.1) is 40.7 Å². The summed E-state index contributed by atoms with van der Waals surface area (Å²) in [4.78, 5) is 23.9. The maximum absolute atomic E-state index is 11.9. The Morgan fingerprint density at radius 2 is 0.805 bits per heavy atom. The number of carbonyl (C=O) groups is 2. The molecule has 2 aromatic carbocycles. The Hall–Kier alpha value is 1.36. The Balaban J connectivity index is 1.37. The lowest BCUT2D eigenvalue weighted by Crippen LogP contribution is -2.10. The van der Waals surface area contributed by atoms with Crippen LogP contribution in [0, 0.1) is 21.4 Å². The van der Waals surface area contributed by atoms with Crippen molar-refractivity contribution in [2.24, 2.45) is 0 Å². The van der Waals surface area contributed by atoms with E-state index in [9.17, 15) is 9.59 Å². The Kier molecular flexibility index (Phi) is 21.4. The molecule has 12 heteroatoms. The largest absolute Gasteiger partial charge is 0.491 e. The summed E-state index contributed by atoms with van der Waals surface area (Å²) in [7, 11) is 0. The van der Waals surface area contributed by atoms with Gasteiger partial charge in [-0.05, 0) is 185 Å². The highest BCUT2D eigenvalue weighted by atomic mass is 127. The lowest BCUT2D eigenvalue weighted by Gasteiger charge is -2.11. The predicted octanol–water partition coefficient (Wildman–Crippen LogP) is 10.1. The summed E-state index contributed by atoms with van der Waals surface area (Å²) < 4.78 is 29.4. The normalized spacial score (nSPS) is 10.9. The molecule has 0 amide bonds. The van der Waals surface area contributed by atoms with Gasteiger partial charge in [0, 0.05) is 26.4 Å². The van der Waals surface area contributed by atoms with Gasteiger partial charge in [-0.2, -0.15) is 0 Å². The van der Waals surface area contributed by atoms with E-state index in [1.54, 1.807) is 0 Å². The summed E-state index contributed by atoms with van der Waals surface area (Å²) in [6.45, 7) is 1.92. The van der Waals surface area contributed by atoms with Crippen LogP contribution in [0.15, 0.2) is 24.3 Å². The molecule has 2 rings (SSSR count). The number of hydrogen-bond donors (Lipinski definition) is 0. The van der Waals surface area contributed by atoms with Crippen LogP contribution < -0.4 is 9.47 Å². The molecule has 0 aliphatic rings. The highest BCUT2D eigenvalue weighted by molar-refractivity contribution is 14.1. The molecule has 0 fully saturated rings. The molecule has 2 aromatic rings. The summed E-state index contributed by atoms with van der Waals surface area (Å²) in [5.41, 5.74) is 0. The number of rotatable bonds is 20. The molecule has 0 unspecified atom stereocenters. The summed E-state index contributed by atoms with van der Waals surface area (Å²) >= 11 is 13.9. The molecule has 0 heterocycles. The Morgan fingerprint density at radius 3 is 1.17 bits per heavy atom. The van der Waals surface area contributed by atoms with Crippen molar-refractivity contribution in [1.29, 1.82) is 0 Å². The van der Waals surface area contributed by atoms with E-state index in [1.807, 2.05) is 0 Å². The van der Waals surface area contributed by atoms with Gasteiger partial charge in [0.1, 0.15) is 11.5 Å². The zero-order valence-corrected chi connectivity index (χ0v) is 35.6. The molecular formula is C29H34I6O6. The third-order valence-corrected chi connectivity index (χ3v) is 10.2. The average Bonchev–Trinajstić information content (AvgIpc) is 2.89. The van der Waals surface area contributed by atoms with Crippen LogP contribution in [0.2, 0.25) is 0 Å². The Labute approximate surface area is 325 Å². The maximum atomic E-state index is 11.9. The fraction of sp³-hybridized carbons (Fsp3) is 0.517. The molecule has 0 bridgehead atoms. The first-order valence-corrected chi connectivity index (χ1v) is 20.0. The predicted molar refractivity (Wildman–Crippen MR) is 213 cm³/mol. The summed E-state index contributed by atoms with van der Waals surface area (Å²) in [5, 5.41) is 0. The summed E-state index contributed by atoms with van der Waals surface area (Å²) in [6.07, 6.45) is 8.86. The first-order valence-electron chi connectivity index (χ1n) is 13.5. The molecular weight excluding hydrogens is 1210 g/mol. The minimum atomic E-state index is -0.189. The van der Waals surface area contributed by atoms with Crippen LogP contribution in [0.5, 0.6) is 11.5 Å². The number of benzene rings is 2. The van der Waals surface area contributed by atoms with E-state index in [1.165, 1.54) is 7.14 Å². The van der Waals surface area contributed by atoms with E-state index < -0.39 is 0 Å². The average molecular weight is 1240 g/mol. The number of esters is 2. The van der Waals surface area contributed by atoms with Gasteiger partial charge in [-0.3, -0.25) is 9.59 Å². The second-order valence-electron chi connectivity index (χ2n) is 9.22. The lowest BCUT2D eigenvalue weighted by atomic mass is 10.1. The molecule has 0 radical (unpaired) electrons. The molecule has 6 nitrogen and oxygen atoms in total. The van der Waals surface area contributed by atoms with Crippen LogP contribution in [-0.4, -0.2) is 38.4 Å². The van der Waals surface area contributed by atoms with Gasteiger partial charge in [0.2, 0.25) is 0 Å². The number of hydrogen-bond acceptors (Lipinski definition) is 6. The molecule has 0 saturated carbocycles. The summed E-state index contributed by atoms with van der Waals surface area (Å²) in [5.74, 6) is 1.54. The number of carbonyl (C=O) groups excluding carboxylic acids is 2. The third-order valence-electron chi connectivity index (χ3n) is 5.78. The van der Waals surface area contributed by atoms with Crippen LogP contribution in [0.25, 0.3) is 0 Å². The highest BCUT2D eigenvalue weighted by Gasteiger charge is 2.10. The van der Waals surface area contributed by atoms with Crippen LogP contribution in [0.3, 0.4) is 0 Å². The Morgan fingerprint density at radius 1 is 0.463 bits per heavy atom. The van der Waals surface area contributed by atoms with Gasteiger partial charge in [-0.25, -0.2) is 0 Å². The first-order chi connectivity index (χ1) is 19.7. The van der Waals surface area contributed by atoms with Crippen molar-refractivity contribution in [3.8, 4) is 11.5 Å². The molecule has 0 atom stereocenters. The van der Waals surface area contributed by atoms with Crippen molar-refractivity contribution < 1.29 is 28.5 Å². The van der Waals surface area contributed by atoms with Crippen molar-refractivity contribution in [2.45, 2.75) is 70.6 Å².